The van der Waals surface area contributed by atoms with Gasteiger partial charge in [0.1, 0.15) is 12.1 Å². The summed E-state index contributed by atoms with van der Waals surface area (Å²) in [6, 6.07) is 8.71. The summed E-state index contributed by atoms with van der Waals surface area (Å²) in [7, 11) is 0. The standard InChI is InChI=1S/C14H19N3O2/c1-10(2)17(11(3)4)16-15-14(19)13(18)12-8-6-5-7-9-12/h5-11H,1-4H3/p+1. The quantitative estimate of drug-likeness (QED) is 0.291. The van der Waals surface area contributed by atoms with Crippen molar-refractivity contribution in [2.75, 3.05) is 0 Å². The molecule has 0 fully saturated rings. The second-order valence-corrected chi connectivity index (χ2v) is 4.80. The molecule has 1 rings (SSSR count). The molecule has 19 heavy (non-hydrogen) atoms. The Labute approximate surface area is 113 Å². The van der Waals surface area contributed by atoms with Crippen LogP contribution in [0.4, 0.5) is 0 Å². The average Bonchev–Trinajstić information content (AvgIpc) is 2.38. The van der Waals surface area contributed by atoms with Crippen LogP contribution in [0.25, 0.3) is 0 Å². The van der Waals surface area contributed by atoms with Crippen molar-refractivity contribution < 1.29 is 14.3 Å². The first-order valence-corrected chi connectivity index (χ1v) is 6.32. The van der Waals surface area contributed by atoms with Gasteiger partial charge in [-0.15, -0.1) is 5.43 Å². The molecule has 0 saturated carbocycles. The van der Waals surface area contributed by atoms with Gasteiger partial charge in [-0.1, -0.05) is 30.3 Å². The predicted molar refractivity (Wildman–Crippen MR) is 71.9 cm³/mol. The van der Waals surface area contributed by atoms with Crippen molar-refractivity contribution in [2.24, 2.45) is 5.22 Å². The Kier molecular flexibility index (Phi) is 5.36. The highest BCUT2D eigenvalue weighted by Crippen LogP contribution is 2.01. The van der Waals surface area contributed by atoms with Crippen molar-refractivity contribution in [2.45, 2.75) is 39.8 Å². The van der Waals surface area contributed by atoms with Gasteiger partial charge in [0.15, 0.2) is 0 Å². The lowest BCUT2D eigenvalue weighted by Gasteiger charge is -2.10. The van der Waals surface area contributed by atoms with Gasteiger partial charge in [0.05, 0.1) is 5.22 Å². The summed E-state index contributed by atoms with van der Waals surface area (Å²) in [4.78, 5) is 23.5. The van der Waals surface area contributed by atoms with E-state index in [1.807, 2.05) is 27.7 Å². The Balaban J connectivity index is 2.75. The number of benzene rings is 1. The second kappa shape index (κ2) is 6.78. The molecule has 0 aliphatic rings. The van der Waals surface area contributed by atoms with Gasteiger partial charge in [-0.05, 0) is 27.7 Å². The molecule has 0 aliphatic carbocycles. The average molecular weight is 262 g/mol. The molecule has 1 N–H and O–H groups in total. The molecule has 0 saturated heterocycles. The van der Waals surface area contributed by atoms with Crippen LogP contribution >= 0.6 is 0 Å². The van der Waals surface area contributed by atoms with Gasteiger partial charge < -0.3 is 0 Å². The van der Waals surface area contributed by atoms with Crippen LogP contribution in [0, 0.1) is 0 Å². The molecule has 0 spiro atoms. The summed E-state index contributed by atoms with van der Waals surface area (Å²) >= 11 is 0. The van der Waals surface area contributed by atoms with Gasteiger partial charge in [-0.25, -0.2) is 4.79 Å². The van der Waals surface area contributed by atoms with E-state index in [9.17, 15) is 9.59 Å². The molecular weight excluding hydrogens is 242 g/mol. The molecule has 5 heteroatoms. The first kappa shape index (κ1) is 15.0. The maximum absolute atomic E-state index is 11.8. The zero-order valence-electron chi connectivity index (χ0n) is 11.8. The minimum Gasteiger partial charge on any atom is -0.280 e. The van der Waals surface area contributed by atoms with Crippen LogP contribution in [-0.2, 0) is 4.79 Å². The maximum atomic E-state index is 11.8. The van der Waals surface area contributed by atoms with Crippen LogP contribution in [-0.4, -0.2) is 28.5 Å². The number of carbonyl (C=O) groups is 2. The summed E-state index contributed by atoms with van der Waals surface area (Å²) in [5, 5.41) is 3.98. The van der Waals surface area contributed by atoms with Crippen LogP contribution in [0.5, 0.6) is 0 Å². The molecule has 0 heterocycles. The number of nitrogens with zero attached hydrogens (tertiary/aromatic N) is 2. The highest BCUT2D eigenvalue weighted by Gasteiger charge is 2.21. The maximum Gasteiger partial charge on any atom is 0.399 e. The van der Waals surface area contributed by atoms with Crippen molar-refractivity contribution in [3.8, 4) is 0 Å². The number of hydrogen-bond donors (Lipinski definition) is 1. The molecule has 0 atom stereocenters. The highest BCUT2D eigenvalue weighted by molar-refractivity contribution is 6.42. The SMILES string of the molecule is CC(C)[N+](=NNC(=O)C(=O)c1ccccc1)C(C)C. The number of amides is 1. The zero-order chi connectivity index (χ0) is 14.4. The number of hydrogen-bond acceptors (Lipinski definition) is 3. The summed E-state index contributed by atoms with van der Waals surface area (Å²) in [6.45, 7) is 7.87. The van der Waals surface area contributed by atoms with Crippen LogP contribution in [0.3, 0.4) is 0 Å². The Morgan fingerprint density at radius 1 is 1.05 bits per heavy atom. The van der Waals surface area contributed by atoms with E-state index in [0.29, 0.717) is 5.56 Å². The van der Waals surface area contributed by atoms with Crippen molar-refractivity contribution in [1.29, 1.82) is 0 Å². The van der Waals surface area contributed by atoms with Crippen molar-refractivity contribution >= 4 is 11.7 Å². The third-order valence-corrected chi connectivity index (χ3v) is 2.57. The smallest absolute Gasteiger partial charge is 0.280 e. The molecule has 1 aromatic carbocycles. The van der Waals surface area contributed by atoms with Crippen molar-refractivity contribution in [3.63, 3.8) is 0 Å². The molecule has 102 valence electrons. The molecule has 0 bridgehead atoms. The van der Waals surface area contributed by atoms with Crippen molar-refractivity contribution in [3.05, 3.63) is 35.9 Å². The fraction of sp³-hybridized carbons (Fsp3) is 0.429. The molecule has 5 nitrogen and oxygen atoms in total. The minimum absolute atomic E-state index is 0.145. The van der Waals surface area contributed by atoms with E-state index in [0.717, 1.165) is 0 Å². The Hall–Kier alpha value is -2.04. The van der Waals surface area contributed by atoms with E-state index in [4.69, 9.17) is 0 Å². The fourth-order valence-corrected chi connectivity index (χ4v) is 1.70. The first-order chi connectivity index (χ1) is 8.93. The lowest BCUT2D eigenvalue weighted by Crippen LogP contribution is -2.33. The van der Waals surface area contributed by atoms with Gasteiger partial charge in [0, 0.05) is 5.56 Å². The number of carbonyl (C=O) groups excluding carboxylic acids is 2. The largest absolute Gasteiger partial charge is 0.399 e. The summed E-state index contributed by atoms with van der Waals surface area (Å²) in [5.41, 5.74) is 2.66. The van der Waals surface area contributed by atoms with Crippen LogP contribution in [0.15, 0.2) is 35.6 Å². The van der Waals surface area contributed by atoms with Gasteiger partial charge >= 0.3 is 5.91 Å². The molecule has 1 aromatic rings. The number of rotatable bonds is 5. The molecule has 0 radical (unpaired) electrons. The molecular formula is C14H20N3O2+. The lowest BCUT2D eigenvalue weighted by atomic mass is 10.1. The highest BCUT2D eigenvalue weighted by atomic mass is 16.2. The fourth-order valence-electron chi connectivity index (χ4n) is 1.70. The van der Waals surface area contributed by atoms with E-state index >= 15 is 0 Å². The topological polar surface area (TPSA) is 61.5 Å². The third kappa shape index (κ3) is 4.28. The van der Waals surface area contributed by atoms with E-state index in [2.05, 4.69) is 10.6 Å². The summed E-state index contributed by atoms with van der Waals surface area (Å²) < 4.78 is 1.73. The predicted octanol–water partition coefficient (Wildman–Crippen LogP) is 2.18. The van der Waals surface area contributed by atoms with E-state index < -0.39 is 11.7 Å². The molecule has 1 amide bonds. The van der Waals surface area contributed by atoms with Crippen LogP contribution < -0.4 is 5.43 Å². The Morgan fingerprint density at radius 2 is 1.58 bits per heavy atom. The monoisotopic (exact) mass is 262 g/mol. The van der Waals surface area contributed by atoms with Gasteiger partial charge in [0.25, 0.3) is 5.78 Å². The molecule has 0 aliphatic heterocycles. The summed E-state index contributed by atoms with van der Waals surface area (Å²) in [6.07, 6.45) is 0. The van der Waals surface area contributed by atoms with E-state index in [1.54, 1.807) is 35.0 Å². The van der Waals surface area contributed by atoms with Crippen LogP contribution in [0.1, 0.15) is 38.1 Å². The summed E-state index contributed by atoms with van der Waals surface area (Å²) in [5.74, 6) is -1.31. The third-order valence-electron chi connectivity index (χ3n) is 2.57. The minimum atomic E-state index is -0.725. The van der Waals surface area contributed by atoms with Crippen LogP contribution in [0.2, 0.25) is 0 Å². The van der Waals surface area contributed by atoms with Gasteiger partial charge in [-0.3, -0.25) is 4.79 Å². The number of Topliss-reactive ketones (excluding diaryl/α,β-unsaturated/α-hetero) is 1. The second-order valence-electron chi connectivity index (χ2n) is 4.80. The molecule has 0 unspecified atom stereocenters. The zero-order valence-corrected chi connectivity index (χ0v) is 11.8. The normalized spacial score (nSPS) is 10.4. The van der Waals surface area contributed by atoms with Gasteiger partial charge in [-0.2, -0.15) is 4.70 Å². The lowest BCUT2D eigenvalue weighted by molar-refractivity contribution is -0.651. The Morgan fingerprint density at radius 3 is 2.05 bits per heavy atom. The number of nitrogens with one attached hydrogen (secondary N) is 1. The number of ketones is 1. The van der Waals surface area contributed by atoms with Crippen molar-refractivity contribution in [1.82, 2.24) is 5.43 Å². The van der Waals surface area contributed by atoms with E-state index in [1.165, 1.54) is 0 Å². The first-order valence-electron chi connectivity index (χ1n) is 6.32. The Bertz CT molecular complexity index is 469. The van der Waals surface area contributed by atoms with Gasteiger partial charge in [0.2, 0.25) is 0 Å². The van der Waals surface area contributed by atoms with E-state index in [-0.39, 0.29) is 12.1 Å². The molecule has 0 aromatic heterocycles.